The summed E-state index contributed by atoms with van der Waals surface area (Å²) in [5, 5.41) is 4.50. The van der Waals surface area contributed by atoms with Crippen LogP contribution in [0.3, 0.4) is 0 Å². The van der Waals surface area contributed by atoms with Crippen molar-refractivity contribution in [3.63, 3.8) is 0 Å². The van der Waals surface area contributed by atoms with Gasteiger partial charge < -0.3 is 5.73 Å². The average molecular weight is 350 g/mol. The summed E-state index contributed by atoms with van der Waals surface area (Å²) >= 11 is 0. The first-order valence-electron chi connectivity index (χ1n) is 8.39. The van der Waals surface area contributed by atoms with Gasteiger partial charge in [-0.25, -0.2) is 9.67 Å². The number of amides is 1. The van der Waals surface area contributed by atoms with Crippen molar-refractivity contribution in [2.75, 3.05) is 14.1 Å². The van der Waals surface area contributed by atoms with Crippen LogP contribution in [0.15, 0.2) is 54.9 Å². The molecule has 2 aromatic heterocycles. The molecular formula is C19H22N6O. The van der Waals surface area contributed by atoms with E-state index in [1.54, 1.807) is 17.1 Å². The largest absolute Gasteiger partial charge is 0.369 e. The fraction of sp³-hybridized carbons (Fsp3) is 0.263. The molecule has 0 radical (unpaired) electrons. The number of carbonyl (C=O) groups is 1. The van der Waals surface area contributed by atoms with Gasteiger partial charge in [0, 0.05) is 6.20 Å². The van der Waals surface area contributed by atoms with Crippen molar-refractivity contribution in [1.29, 1.82) is 0 Å². The minimum atomic E-state index is -0.454. The Hall–Kier alpha value is -3.06. The van der Waals surface area contributed by atoms with Gasteiger partial charge in [0.25, 0.3) is 0 Å². The minimum absolute atomic E-state index is 0.00570. The number of hydrogen-bond acceptors (Lipinski definition) is 5. The number of pyridine rings is 1. The third-order valence-electron chi connectivity index (χ3n) is 4.09. The fourth-order valence-electron chi connectivity index (χ4n) is 2.83. The molecule has 0 saturated heterocycles. The van der Waals surface area contributed by atoms with Gasteiger partial charge in [0.1, 0.15) is 5.82 Å². The van der Waals surface area contributed by atoms with Gasteiger partial charge in [-0.1, -0.05) is 30.3 Å². The first-order valence-corrected chi connectivity index (χ1v) is 8.39. The second-order valence-corrected chi connectivity index (χ2v) is 6.32. The van der Waals surface area contributed by atoms with E-state index >= 15 is 0 Å². The second kappa shape index (κ2) is 7.88. The predicted octanol–water partition coefficient (Wildman–Crippen LogP) is 1.54. The molecule has 26 heavy (non-hydrogen) atoms. The molecule has 134 valence electrons. The van der Waals surface area contributed by atoms with Gasteiger partial charge in [-0.15, -0.1) is 0 Å². The van der Waals surface area contributed by atoms with Crippen LogP contribution >= 0.6 is 0 Å². The number of likely N-dealkylation sites (N-methyl/N-ethyl adjacent to an activating group) is 1. The van der Waals surface area contributed by atoms with E-state index in [-0.39, 0.29) is 12.5 Å². The Morgan fingerprint density at radius 1 is 1.19 bits per heavy atom. The molecule has 0 saturated carbocycles. The number of nitrogens with zero attached hydrogens (tertiary/aromatic N) is 5. The number of carbonyl (C=O) groups excluding carboxylic acids is 1. The van der Waals surface area contributed by atoms with E-state index in [1.807, 2.05) is 44.4 Å². The van der Waals surface area contributed by atoms with Crippen LogP contribution in [0, 0.1) is 0 Å². The SMILES string of the molecule is CN(C)[C@@H](Cc1ccccc1)c1nc(CC(N)=O)nn1-c1cccnc1. The van der Waals surface area contributed by atoms with Gasteiger partial charge in [0.2, 0.25) is 5.91 Å². The highest BCUT2D eigenvalue weighted by Gasteiger charge is 2.24. The predicted molar refractivity (Wildman–Crippen MR) is 98.6 cm³/mol. The van der Waals surface area contributed by atoms with E-state index in [0.717, 1.165) is 17.9 Å². The van der Waals surface area contributed by atoms with Gasteiger partial charge in [0.15, 0.2) is 5.82 Å². The van der Waals surface area contributed by atoms with Crippen LogP contribution in [0.5, 0.6) is 0 Å². The van der Waals surface area contributed by atoms with Crippen LogP contribution in [-0.2, 0) is 17.6 Å². The molecule has 2 heterocycles. The maximum atomic E-state index is 11.3. The minimum Gasteiger partial charge on any atom is -0.369 e. The van der Waals surface area contributed by atoms with Crippen molar-refractivity contribution in [2.24, 2.45) is 5.73 Å². The lowest BCUT2D eigenvalue weighted by Gasteiger charge is -2.24. The van der Waals surface area contributed by atoms with Crippen molar-refractivity contribution in [3.05, 3.63) is 72.1 Å². The average Bonchev–Trinajstić information content (AvgIpc) is 3.03. The smallest absolute Gasteiger partial charge is 0.225 e. The molecule has 3 aromatic rings. The summed E-state index contributed by atoms with van der Waals surface area (Å²) in [6.45, 7) is 0. The third-order valence-corrected chi connectivity index (χ3v) is 4.09. The topological polar surface area (TPSA) is 89.9 Å². The summed E-state index contributed by atoms with van der Waals surface area (Å²) in [4.78, 5) is 22.2. The van der Waals surface area contributed by atoms with Crippen LogP contribution in [0.4, 0.5) is 0 Å². The molecule has 0 aliphatic carbocycles. The second-order valence-electron chi connectivity index (χ2n) is 6.32. The van der Waals surface area contributed by atoms with Crippen molar-refractivity contribution >= 4 is 5.91 Å². The molecular weight excluding hydrogens is 328 g/mol. The Kier molecular flexibility index (Phi) is 5.38. The summed E-state index contributed by atoms with van der Waals surface area (Å²) in [6, 6.07) is 13.9. The van der Waals surface area contributed by atoms with E-state index in [4.69, 9.17) is 5.73 Å². The summed E-state index contributed by atoms with van der Waals surface area (Å²) in [5.74, 6) is 0.712. The van der Waals surface area contributed by atoms with E-state index in [2.05, 4.69) is 32.1 Å². The zero-order valence-electron chi connectivity index (χ0n) is 14.9. The Morgan fingerprint density at radius 2 is 1.96 bits per heavy atom. The maximum Gasteiger partial charge on any atom is 0.225 e. The Balaban J connectivity index is 2.04. The van der Waals surface area contributed by atoms with E-state index in [9.17, 15) is 4.79 Å². The van der Waals surface area contributed by atoms with Gasteiger partial charge in [-0.3, -0.25) is 14.7 Å². The molecule has 1 aromatic carbocycles. The molecule has 1 amide bonds. The van der Waals surface area contributed by atoms with Gasteiger partial charge in [-0.2, -0.15) is 5.10 Å². The number of primary amides is 1. The van der Waals surface area contributed by atoms with E-state index < -0.39 is 5.91 Å². The molecule has 0 aliphatic heterocycles. The highest BCUT2D eigenvalue weighted by Crippen LogP contribution is 2.24. The van der Waals surface area contributed by atoms with Crippen molar-refractivity contribution < 1.29 is 4.79 Å². The number of nitrogens with two attached hydrogens (primary N) is 1. The van der Waals surface area contributed by atoms with Gasteiger partial charge in [0.05, 0.1) is 24.3 Å². The van der Waals surface area contributed by atoms with Crippen LogP contribution in [0.2, 0.25) is 0 Å². The molecule has 1 atom stereocenters. The Labute approximate surface area is 152 Å². The van der Waals surface area contributed by atoms with Crippen LogP contribution in [0.1, 0.15) is 23.3 Å². The fourth-order valence-corrected chi connectivity index (χ4v) is 2.83. The number of benzene rings is 1. The highest BCUT2D eigenvalue weighted by molar-refractivity contribution is 5.75. The summed E-state index contributed by atoms with van der Waals surface area (Å²) in [6.07, 6.45) is 4.20. The lowest BCUT2D eigenvalue weighted by Crippen LogP contribution is -2.25. The molecule has 0 unspecified atom stereocenters. The lowest BCUT2D eigenvalue weighted by molar-refractivity contribution is -0.117. The van der Waals surface area contributed by atoms with Crippen LogP contribution in [0.25, 0.3) is 5.69 Å². The number of hydrogen-bond donors (Lipinski definition) is 1. The maximum absolute atomic E-state index is 11.3. The van der Waals surface area contributed by atoms with Gasteiger partial charge >= 0.3 is 0 Å². The highest BCUT2D eigenvalue weighted by atomic mass is 16.1. The van der Waals surface area contributed by atoms with Crippen LogP contribution < -0.4 is 5.73 Å². The van der Waals surface area contributed by atoms with Crippen molar-refractivity contribution in [1.82, 2.24) is 24.6 Å². The van der Waals surface area contributed by atoms with E-state index in [1.165, 1.54) is 5.56 Å². The standard InChI is InChI=1S/C19H22N6O/c1-24(2)16(11-14-7-4-3-5-8-14)19-22-18(12-17(20)26)23-25(19)15-9-6-10-21-13-15/h3-10,13,16H,11-12H2,1-2H3,(H2,20,26)/t16-/m0/s1. The summed E-state index contributed by atoms with van der Waals surface area (Å²) < 4.78 is 1.75. The van der Waals surface area contributed by atoms with Crippen LogP contribution in [-0.4, -0.2) is 44.7 Å². The zero-order chi connectivity index (χ0) is 18.5. The van der Waals surface area contributed by atoms with Crippen molar-refractivity contribution in [3.8, 4) is 5.69 Å². The monoisotopic (exact) mass is 350 g/mol. The van der Waals surface area contributed by atoms with Crippen molar-refractivity contribution in [2.45, 2.75) is 18.9 Å². The quantitative estimate of drug-likeness (QED) is 0.698. The normalized spacial score (nSPS) is 12.3. The number of aromatic nitrogens is 4. The molecule has 3 rings (SSSR count). The molecule has 7 nitrogen and oxygen atoms in total. The summed E-state index contributed by atoms with van der Waals surface area (Å²) in [7, 11) is 4.01. The molecule has 7 heteroatoms. The Morgan fingerprint density at radius 3 is 2.58 bits per heavy atom. The van der Waals surface area contributed by atoms with Gasteiger partial charge in [-0.05, 0) is 38.2 Å². The third kappa shape index (κ3) is 4.12. The first-order chi connectivity index (χ1) is 12.5. The molecule has 0 fully saturated rings. The molecule has 0 bridgehead atoms. The Bertz CT molecular complexity index is 860. The molecule has 0 spiro atoms. The molecule has 0 aliphatic rings. The molecule has 2 N–H and O–H groups in total. The first kappa shape index (κ1) is 17.8. The lowest BCUT2D eigenvalue weighted by atomic mass is 10.0. The van der Waals surface area contributed by atoms with E-state index in [0.29, 0.717) is 5.82 Å². The summed E-state index contributed by atoms with van der Waals surface area (Å²) in [5.41, 5.74) is 7.33. The number of rotatable bonds is 7. The zero-order valence-corrected chi connectivity index (χ0v) is 14.9.